The van der Waals surface area contributed by atoms with Crippen molar-refractivity contribution in [3.05, 3.63) is 52.7 Å². The quantitative estimate of drug-likeness (QED) is 0.502. The van der Waals surface area contributed by atoms with Gasteiger partial charge in [0.25, 0.3) is 0 Å². The third-order valence-electron chi connectivity index (χ3n) is 6.28. The molecule has 4 rings (SSSR count). The van der Waals surface area contributed by atoms with Gasteiger partial charge in [-0.1, -0.05) is 31.0 Å². The minimum atomic E-state index is -0.347. The fourth-order valence-corrected chi connectivity index (χ4v) is 5.33. The van der Waals surface area contributed by atoms with Crippen molar-refractivity contribution in [2.24, 2.45) is 0 Å². The lowest BCUT2D eigenvalue weighted by molar-refractivity contribution is -0.113. The molecule has 1 aliphatic carbocycles. The van der Waals surface area contributed by atoms with E-state index in [2.05, 4.69) is 26.2 Å². The molecule has 1 fully saturated rings. The maximum atomic E-state index is 13.4. The second-order valence-electron chi connectivity index (χ2n) is 8.39. The summed E-state index contributed by atoms with van der Waals surface area (Å²) in [6, 6.07) is 8.55. The molecule has 33 heavy (non-hydrogen) atoms. The fourth-order valence-electron chi connectivity index (χ4n) is 4.48. The first-order valence-corrected chi connectivity index (χ1v) is 12.1. The summed E-state index contributed by atoms with van der Waals surface area (Å²) in [5.74, 6) is 0.818. The molecule has 1 aliphatic rings. The number of carbonyl (C=O) groups is 1. The molecule has 7 nitrogen and oxygen atoms in total. The number of nitriles is 1. The van der Waals surface area contributed by atoms with Crippen LogP contribution in [0, 0.1) is 37.9 Å². The van der Waals surface area contributed by atoms with Crippen molar-refractivity contribution >= 4 is 23.5 Å². The van der Waals surface area contributed by atoms with Gasteiger partial charge in [-0.15, -0.1) is 10.2 Å². The summed E-state index contributed by atoms with van der Waals surface area (Å²) in [6.45, 7) is 5.67. The summed E-state index contributed by atoms with van der Waals surface area (Å²) in [7, 11) is 0. The molecule has 9 heteroatoms. The zero-order valence-electron chi connectivity index (χ0n) is 19.1. The zero-order valence-corrected chi connectivity index (χ0v) is 19.9. The summed E-state index contributed by atoms with van der Waals surface area (Å²) >= 11 is 1.35. The van der Waals surface area contributed by atoms with E-state index in [9.17, 15) is 14.4 Å². The van der Waals surface area contributed by atoms with E-state index in [0.717, 1.165) is 35.1 Å². The molecule has 172 valence electrons. The number of hydrogen-bond acceptors (Lipinski definition) is 5. The molecule has 0 radical (unpaired) electrons. The van der Waals surface area contributed by atoms with E-state index >= 15 is 0 Å². The third-order valence-corrected chi connectivity index (χ3v) is 7.22. The van der Waals surface area contributed by atoms with Gasteiger partial charge in [-0.2, -0.15) is 5.26 Å². The third kappa shape index (κ3) is 4.67. The highest BCUT2D eigenvalue weighted by Gasteiger charge is 2.24. The molecular weight excluding hydrogens is 439 g/mol. The molecule has 0 unspecified atom stereocenters. The van der Waals surface area contributed by atoms with Crippen molar-refractivity contribution < 1.29 is 9.18 Å². The van der Waals surface area contributed by atoms with Crippen LogP contribution < -0.4 is 5.32 Å². The lowest BCUT2D eigenvalue weighted by atomic mass is 9.95. The molecule has 1 saturated carbocycles. The highest BCUT2D eigenvalue weighted by molar-refractivity contribution is 7.99. The minimum Gasteiger partial charge on any atom is -0.310 e. The summed E-state index contributed by atoms with van der Waals surface area (Å²) in [5.41, 5.74) is 2.66. The number of thioether (sulfide) groups is 1. The number of amides is 1. The number of anilines is 1. The van der Waals surface area contributed by atoms with Gasteiger partial charge >= 0.3 is 0 Å². The van der Waals surface area contributed by atoms with Gasteiger partial charge in [0.05, 0.1) is 11.3 Å². The predicted molar refractivity (Wildman–Crippen MR) is 126 cm³/mol. The predicted octanol–water partition coefficient (Wildman–Crippen LogP) is 5.24. The normalized spacial score (nSPS) is 14.3. The van der Waals surface area contributed by atoms with Gasteiger partial charge in [0.2, 0.25) is 5.91 Å². The van der Waals surface area contributed by atoms with Gasteiger partial charge < -0.3 is 9.88 Å². The number of aryl methyl sites for hydroxylation is 1. The molecule has 1 aromatic carbocycles. The molecule has 0 atom stereocenters. The Hall–Kier alpha value is -3.12. The van der Waals surface area contributed by atoms with E-state index in [0.29, 0.717) is 23.1 Å². The summed E-state index contributed by atoms with van der Waals surface area (Å²) in [6.07, 6.45) is 5.86. The number of hydrogen-bond donors (Lipinski definition) is 1. The van der Waals surface area contributed by atoms with Crippen molar-refractivity contribution in [2.75, 3.05) is 11.1 Å². The molecule has 1 N–H and O–H groups in total. The van der Waals surface area contributed by atoms with Crippen LogP contribution in [0.5, 0.6) is 0 Å². The van der Waals surface area contributed by atoms with Crippen LogP contribution in [-0.2, 0) is 4.79 Å². The van der Waals surface area contributed by atoms with Crippen molar-refractivity contribution in [1.29, 1.82) is 5.26 Å². The van der Waals surface area contributed by atoms with E-state index in [-0.39, 0.29) is 17.5 Å². The molecule has 2 aromatic heterocycles. The highest BCUT2D eigenvalue weighted by atomic mass is 32.2. The SMILES string of the molecule is Cc1c(C#N)c(NC(=O)CSc2nnc(C)n2C2CCCCC2)n(-c2ccc(F)cc2)c1C. The van der Waals surface area contributed by atoms with Gasteiger partial charge in [0, 0.05) is 17.4 Å². The largest absolute Gasteiger partial charge is 0.310 e. The second kappa shape index (κ2) is 9.79. The monoisotopic (exact) mass is 466 g/mol. The van der Waals surface area contributed by atoms with Gasteiger partial charge in [-0.25, -0.2) is 4.39 Å². The van der Waals surface area contributed by atoms with Crippen molar-refractivity contribution in [3.8, 4) is 11.8 Å². The Morgan fingerprint density at radius 1 is 1.18 bits per heavy atom. The van der Waals surface area contributed by atoms with E-state index in [1.54, 1.807) is 16.7 Å². The first-order valence-electron chi connectivity index (χ1n) is 11.1. The Labute approximate surface area is 197 Å². The lowest BCUT2D eigenvalue weighted by Gasteiger charge is -2.24. The molecule has 3 aromatic rings. The number of halogens is 1. The standard InChI is InChI=1S/C24H27FN6OS/c1-15-16(2)30(20-11-9-18(25)10-12-20)23(21(15)13-26)27-22(32)14-33-24-29-28-17(3)31(24)19-7-5-4-6-8-19/h9-12,19H,4-8,14H2,1-3H3,(H,27,32). The van der Waals surface area contributed by atoms with Crippen molar-refractivity contribution in [3.63, 3.8) is 0 Å². The Bertz CT molecular complexity index is 1200. The molecule has 2 heterocycles. The van der Waals surface area contributed by atoms with E-state index in [1.165, 1.54) is 43.2 Å². The average Bonchev–Trinajstić information content (AvgIpc) is 3.30. The van der Waals surface area contributed by atoms with Crippen LogP contribution >= 0.6 is 11.8 Å². The number of aromatic nitrogens is 4. The van der Waals surface area contributed by atoms with Crippen LogP contribution in [0.15, 0.2) is 29.4 Å². The van der Waals surface area contributed by atoms with Crippen LogP contribution in [0.25, 0.3) is 5.69 Å². The van der Waals surface area contributed by atoms with Gasteiger partial charge in [-0.05, 0) is 63.4 Å². The van der Waals surface area contributed by atoms with Crippen LogP contribution in [0.2, 0.25) is 0 Å². The van der Waals surface area contributed by atoms with Crippen molar-refractivity contribution in [1.82, 2.24) is 19.3 Å². The number of nitrogens with one attached hydrogen (secondary N) is 1. The zero-order chi connectivity index (χ0) is 23.5. The number of rotatable bonds is 6. The Morgan fingerprint density at radius 3 is 2.55 bits per heavy atom. The summed E-state index contributed by atoms with van der Waals surface area (Å²) in [5, 5.41) is 21.9. The van der Waals surface area contributed by atoms with E-state index < -0.39 is 0 Å². The van der Waals surface area contributed by atoms with Gasteiger partial charge in [-0.3, -0.25) is 9.36 Å². The Kier molecular flexibility index (Phi) is 6.84. The van der Waals surface area contributed by atoms with Crippen LogP contribution in [0.1, 0.15) is 60.8 Å². The van der Waals surface area contributed by atoms with Crippen LogP contribution in [0.4, 0.5) is 10.2 Å². The molecule has 1 amide bonds. The highest BCUT2D eigenvalue weighted by Crippen LogP contribution is 2.33. The maximum absolute atomic E-state index is 13.4. The first-order chi connectivity index (χ1) is 15.9. The Morgan fingerprint density at radius 2 is 1.88 bits per heavy atom. The second-order valence-corrected chi connectivity index (χ2v) is 9.33. The van der Waals surface area contributed by atoms with Gasteiger partial charge in [0.15, 0.2) is 5.16 Å². The number of benzene rings is 1. The molecular formula is C24H27FN6OS. The molecule has 0 spiro atoms. The van der Waals surface area contributed by atoms with Crippen molar-refractivity contribution in [2.45, 2.75) is 64.1 Å². The topological polar surface area (TPSA) is 88.5 Å². The Balaban J connectivity index is 1.55. The maximum Gasteiger partial charge on any atom is 0.236 e. The van der Waals surface area contributed by atoms with Crippen LogP contribution in [0.3, 0.4) is 0 Å². The van der Waals surface area contributed by atoms with E-state index in [4.69, 9.17) is 0 Å². The number of carbonyl (C=O) groups excluding carboxylic acids is 1. The summed E-state index contributed by atoms with van der Waals surface area (Å²) in [4.78, 5) is 12.9. The molecule has 0 saturated heterocycles. The molecule has 0 aliphatic heterocycles. The first kappa shape index (κ1) is 23.1. The van der Waals surface area contributed by atoms with Gasteiger partial charge in [0.1, 0.15) is 23.5 Å². The van der Waals surface area contributed by atoms with Crippen LogP contribution in [-0.4, -0.2) is 31.0 Å². The van der Waals surface area contributed by atoms with E-state index in [1.807, 2.05) is 20.8 Å². The average molecular weight is 467 g/mol. The lowest BCUT2D eigenvalue weighted by Crippen LogP contribution is -2.19. The molecule has 0 bridgehead atoms. The minimum absolute atomic E-state index is 0.141. The number of nitrogens with zero attached hydrogens (tertiary/aromatic N) is 5. The fraction of sp³-hybridized carbons (Fsp3) is 0.417. The summed E-state index contributed by atoms with van der Waals surface area (Å²) < 4.78 is 17.4. The smallest absolute Gasteiger partial charge is 0.236 e.